The summed E-state index contributed by atoms with van der Waals surface area (Å²) in [5.41, 5.74) is 6.60. The molecular weight excluding hydrogens is 707 g/mol. The molecule has 4 amide bonds. The zero-order chi connectivity index (χ0) is 40.3. The number of rotatable bonds is 14. The normalized spacial score (nSPS) is 13.7. The number of halogens is 2. The summed E-state index contributed by atoms with van der Waals surface area (Å²) < 4.78 is 53.4. The predicted molar refractivity (Wildman–Crippen MR) is 206 cm³/mol. The van der Waals surface area contributed by atoms with Crippen LogP contribution < -0.4 is 31.3 Å². The van der Waals surface area contributed by atoms with E-state index in [-0.39, 0.29) is 47.3 Å². The first-order valence-corrected chi connectivity index (χ1v) is 19.1. The molecule has 1 aliphatic rings. The SMILES string of the molecule is CC(NC[C@H](Cc1cc(F)cc(F)c1)NC(=O)c1cc(C(=O)N[C@H](C)C2=CC=CC=CC2)cc(N(C)S(C)(=O)=O)c1)C(N)=O.CCC.CCNC(C)=O. The van der Waals surface area contributed by atoms with Gasteiger partial charge in [-0.15, -0.1) is 0 Å². The number of primary amides is 1. The van der Waals surface area contributed by atoms with E-state index >= 15 is 0 Å². The van der Waals surface area contributed by atoms with Crippen LogP contribution in [-0.2, 0) is 26.0 Å². The second-order valence-electron chi connectivity index (χ2n) is 12.4. The molecule has 0 bridgehead atoms. The largest absolute Gasteiger partial charge is 0.368 e. The molecule has 3 rings (SSSR count). The number of anilines is 1. The van der Waals surface area contributed by atoms with Gasteiger partial charge in [-0.2, -0.15) is 0 Å². The summed E-state index contributed by atoms with van der Waals surface area (Å²) in [6.45, 7) is 11.7. The number of sulfonamides is 1. The summed E-state index contributed by atoms with van der Waals surface area (Å²) in [7, 11) is -2.47. The molecule has 0 saturated carbocycles. The first-order chi connectivity index (χ1) is 24.8. The lowest BCUT2D eigenvalue weighted by atomic mass is 10.0. The lowest BCUT2D eigenvalue weighted by Gasteiger charge is -2.23. The van der Waals surface area contributed by atoms with Crippen molar-refractivity contribution < 1.29 is 36.4 Å². The molecule has 1 unspecified atom stereocenters. The maximum atomic E-state index is 13.9. The van der Waals surface area contributed by atoms with Gasteiger partial charge >= 0.3 is 0 Å². The quantitative estimate of drug-likeness (QED) is 0.191. The van der Waals surface area contributed by atoms with E-state index in [0.717, 1.165) is 40.9 Å². The van der Waals surface area contributed by atoms with Gasteiger partial charge in [-0.25, -0.2) is 17.2 Å². The van der Waals surface area contributed by atoms with Crippen LogP contribution >= 0.6 is 0 Å². The number of hydrogen-bond acceptors (Lipinski definition) is 7. The van der Waals surface area contributed by atoms with Crippen molar-refractivity contribution in [3.63, 3.8) is 0 Å². The van der Waals surface area contributed by atoms with E-state index < -0.39 is 51.5 Å². The van der Waals surface area contributed by atoms with Crippen LogP contribution in [0.1, 0.15) is 80.7 Å². The number of benzene rings is 2. The molecule has 6 N–H and O–H groups in total. The van der Waals surface area contributed by atoms with Crippen molar-refractivity contribution in [3.8, 4) is 0 Å². The Kier molecular flexibility index (Phi) is 19.9. The maximum Gasteiger partial charge on any atom is 0.251 e. The minimum atomic E-state index is -3.76. The highest BCUT2D eigenvalue weighted by Crippen LogP contribution is 2.22. The van der Waals surface area contributed by atoms with Crippen LogP contribution in [0.25, 0.3) is 0 Å². The second kappa shape index (κ2) is 22.9. The van der Waals surface area contributed by atoms with Gasteiger partial charge in [0.2, 0.25) is 21.8 Å². The molecule has 0 radical (unpaired) electrons. The van der Waals surface area contributed by atoms with Crippen LogP contribution in [0, 0.1) is 11.6 Å². The van der Waals surface area contributed by atoms with E-state index in [0.29, 0.717) is 6.42 Å². The average Bonchev–Trinajstić information content (AvgIpc) is 3.36. The summed E-state index contributed by atoms with van der Waals surface area (Å²) in [5, 5.41) is 11.1. The lowest BCUT2D eigenvalue weighted by Crippen LogP contribution is -2.48. The predicted octanol–water partition coefficient (Wildman–Crippen LogP) is 4.28. The molecule has 3 atom stereocenters. The Morgan fingerprint density at radius 2 is 1.45 bits per heavy atom. The summed E-state index contributed by atoms with van der Waals surface area (Å²) in [4.78, 5) is 48.4. The lowest BCUT2D eigenvalue weighted by molar-refractivity contribution is -0.120. The number of allylic oxidation sites excluding steroid dienone is 5. The van der Waals surface area contributed by atoms with Gasteiger partial charge in [-0.1, -0.05) is 50.6 Å². The molecule has 0 spiro atoms. The Labute approximate surface area is 312 Å². The average molecular weight is 761 g/mol. The number of hydrogen-bond donors (Lipinski definition) is 5. The first kappa shape index (κ1) is 46.1. The summed E-state index contributed by atoms with van der Waals surface area (Å²) >= 11 is 0. The van der Waals surface area contributed by atoms with E-state index in [4.69, 9.17) is 5.73 Å². The van der Waals surface area contributed by atoms with Crippen LogP contribution in [0.15, 0.2) is 72.4 Å². The highest BCUT2D eigenvalue weighted by molar-refractivity contribution is 7.92. The molecule has 0 heterocycles. The molecule has 0 saturated heterocycles. The molecule has 12 nitrogen and oxygen atoms in total. The first-order valence-electron chi connectivity index (χ1n) is 17.3. The number of amides is 4. The van der Waals surface area contributed by atoms with Gasteiger partial charge in [0.1, 0.15) is 11.6 Å². The Morgan fingerprint density at radius 3 is 1.94 bits per heavy atom. The van der Waals surface area contributed by atoms with Gasteiger partial charge in [0.05, 0.1) is 18.0 Å². The monoisotopic (exact) mass is 760 g/mol. The maximum absolute atomic E-state index is 13.9. The summed E-state index contributed by atoms with van der Waals surface area (Å²) in [6, 6.07) is 5.07. The molecule has 0 fully saturated rings. The van der Waals surface area contributed by atoms with Crippen molar-refractivity contribution in [2.75, 3.05) is 30.7 Å². The van der Waals surface area contributed by atoms with Crippen LogP contribution in [0.5, 0.6) is 0 Å². The van der Waals surface area contributed by atoms with Crippen molar-refractivity contribution in [3.05, 3.63) is 101 Å². The fourth-order valence-corrected chi connectivity index (χ4v) is 5.15. The molecule has 0 aromatic heterocycles. The molecule has 1 aliphatic carbocycles. The Hall–Kier alpha value is -4.89. The molecular formula is C38H54F2N6O6S. The van der Waals surface area contributed by atoms with Gasteiger partial charge in [-0.05, 0) is 75.1 Å². The fourth-order valence-electron chi connectivity index (χ4n) is 4.66. The molecule has 2 aromatic carbocycles. The smallest absolute Gasteiger partial charge is 0.251 e. The Morgan fingerprint density at radius 1 is 0.887 bits per heavy atom. The zero-order valence-corrected chi connectivity index (χ0v) is 32.6. The number of carbonyl (C=O) groups excluding carboxylic acids is 4. The highest BCUT2D eigenvalue weighted by Gasteiger charge is 2.23. The second-order valence-corrected chi connectivity index (χ2v) is 14.4. The third kappa shape index (κ3) is 17.5. The van der Waals surface area contributed by atoms with Gasteiger partial charge < -0.3 is 27.0 Å². The number of carbonyl (C=O) groups is 4. The van der Waals surface area contributed by atoms with E-state index in [1.807, 2.05) is 44.2 Å². The molecule has 53 heavy (non-hydrogen) atoms. The van der Waals surface area contributed by atoms with Crippen LogP contribution in [-0.4, -0.2) is 76.6 Å². The Bertz CT molecular complexity index is 1740. The zero-order valence-electron chi connectivity index (χ0n) is 31.8. The van der Waals surface area contributed by atoms with Crippen molar-refractivity contribution in [2.45, 2.75) is 78.9 Å². The van der Waals surface area contributed by atoms with Gasteiger partial charge in [0, 0.05) is 56.3 Å². The molecule has 292 valence electrons. The van der Waals surface area contributed by atoms with Crippen LogP contribution in [0.4, 0.5) is 14.5 Å². The molecule has 0 aliphatic heterocycles. The third-order valence-corrected chi connectivity index (χ3v) is 8.70. The van der Waals surface area contributed by atoms with Crippen molar-refractivity contribution in [1.82, 2.24) is 21.3 Å². The van der Waals surface area contributed by atoms with Crippen molar-refractivity contribution in [1.29, 1.82) is 0 Å². The Balaban J connectivity index is 0.00000139. The number of nitrogens with two attached hydrogens (primary N) is 1. The van der Waals surface area contributed by atoms with Gasteiger partial charge in [0.25, 0.3) is 11.8 Å². The minimum Gasteiger partial charge on any atom is -0.368 e. The van der Waals surface area contributed by atoms with E-state index in [2.05, 4.69) is 35.1 Å². The van der Waals surface area contributed by atoms with E-state index in [1.165, 1.54) is 45.5 Å². The van der Waals surface area contributed by atoms with Crippen molar-refractivity contribution in [2.24, 2.45) is 5.73 Å². The third-order valence-electron chi connectivity index (χ3n) is 7.49. The highest BCUT2D eigenvalue weighted by atomic mass is 32.2. The van der Waals surface area contributed by atoms with Crippen LogP contribution in [0.3, 0.4) is 0 Å². The number of nitrogens with one attached hydrogen (secondary N) is 4. The van der Waals surface area contributed by atoms with Crippen LogP contribution in [0.2, 0.25) is 0 Å². The van der Waals surface area contributed by atoms with E-state index in [1.54, 1.807) is 0 Å². The molecule has 15 heteroatoms. The number of nitrogens with zero attached hydrogens (tertiary/aromatic N) is 1. The minimum absolute atomic E-state index is 0.000224. The topological polar surface area (TPSA) is 180 Å². The molecule has 2 aromatic rings. The fraction of sp³-hybridized carbons (Fsp3) is 0.421. The van der Waals surface area contributed by atoms with Crippen molar-refractivity contribution >= 4 is 39.3 Å². The summed E-state index contributed by atoms with van der Waals surface area (Å²) in [5.74, 6) is -3.41. The van der Waals surface area contributed by atoms with E-state index in [9.17, 15) is 36.4 Å². The van der Waals surface area contributed by atoms with Gasteiger partial charge in [0.15, 0.2) is 0 Å². The standard InChI is InChI=1S/C31H37F2N5O5S.C4H9NO.C3H8/c1-19(22-9-7-5-6-8-10-22)36-30(40)23-14-24(16-28(15-23)38(3)44(4,42)43)31(41)37-27(18-35-20(2)29(34)39)13-21-11-25(32)17-26(33)12-21;1-3-5-4(2)6;1-3-2/h5-9,11-12,14-17,19-20,27,35H,10,13,18H2,1-4H3,(H2,34,39)(H,36,40)(H,37,41);3H2,1-2H3,(H,5,6);3H2,1-2H3/t19-,20?,27+;;/m1../s1. The van der Waals surface area contributed by atoms with Gasteiger partial charge in [-0.3, -0.25) is 23.5 Å². The summed E-state index contributed by atoms with van der Waals surface area (Å²) in [6.07, 6.45) is 12.3.